The van der Waals surface area contributed by atoms with Crippen LogP contribution in [0.3, 0.4) is 0 Å². The van der Waals surface area contributed by atoms with Gasteiger partial charge in [0.15, 0.2) is 0 Å². The van der Waals surface area contributed by atoms with E-state index in [0.29, 0.717) is 5.69 Å². The molecular weight excluding hydrogens is 260 g/mol. The van der Waals surface area contributed by atoms with Gasteiger partial charge in [0.2, 0.25) is 0 Å². The summed E-state index contributed by atoms with van der Waals surface area (Å²) >= 11 is 0. The maximum atomic E-state index is 12.3. The Kier molecular flexibility index (Phi) is 3.32. The molecule has 3 rings (SSSR count). The predicted octanol–water partition coefficient (Wildman–Crippen LogP) is 3.94. The topological polar surface area (TPSA) is 36.1 Å². The summed E-state index contributed by atoms with van der Waals surface area (Å²) in [6.45, 7) is 3.74. The van der Waals surface area contributed by atoms with Crippen LogP contribution in [0.15, 0.2) is 66.0 Å². The van der Waals surface area contributed by atoms with Crippen molar-refractivity contribution in [3.05, 3.63) is 77.1 Å². The number of pyridine rings is 1. The molecule has 0 saturated carbocycles. The fourth-order valence-electron chi connectivity index (χ4n) is 2.36. The van der Waals surface area contributed by atoms with Gasteiger partial charge in [-0.2, -0.15) is 0 Å². The quantitative estimate of drug-likeness (QED) is 0.786. The minimum atomic E-state index is -0.0935. The molecule has 0 amide bonds. The van der Waals surface area contributed by atoms with Gasteiger partial charge in [-0.25, -0.2) is 0 Å². The molecule has 0 fully saturated rings. The monoisotopic (exact) mass is 276 g/mol. The van der Waals surface area contributed by atoms with E-state index in [1.165, 1.54) is 0 Å². The van der Waals surface area contributed by atoms with Crippen LogP contribution in [0.4, 0.5) is 11.4 Å². The molecule has 0 atom stereocenters. The van der Waals surface area contributed by atoms with Gasteiger partial charge in [-0.1, -0.05) is 43.0 Å². The van der Waals surface area contributed by atoms with E-state index in [-0.39, 0.29) is 5.56 Å². The summed E-state index contributed by atoms with van der Waals surface area (Å²) in [4.78, 5) is 17.1. The molecule has 3 aromatic rings. The number of aromatic amines is 1. The van der Waals surface area contributed by atoms with Crippen LogP contribution < -0.4 is 10.5 Å². The summed E-state index contributed by atoms with van der Waals surface area (Å²) in [5.41, 5.74) is 3.40. The van der Waals surface area contributed by atoms with Crippen molar-refractivity contribution in [3.8, 4) is 0 Å². The number of H-pyrrole nitrogens is 1. The highest BCUT2D eigenvalue weighted by Gasteiger charge is 2.09. The molecule has 104 valence electrons. The normalized spacial score (nSPS) is 10.5. The van der Waals surface area contributed by atoms with E-state index in [1.807, 2.05) is 66.5 Å². The number of hydrogen-bond acceptors (Lipinski definition) is 2. The van der Waals surface area contributed by atoms with Gasteiger partial charge in [-0.15, -0.1) is 0 Å². The Bertz CT molecular complexity index is 847. The molecule has 0 bridgehead atoms. The third-order valence-corrected chi connectivity index (χ3v) is 3.61. The van der Waals surface area contributed by atoms with Crippen molar-refractivity contribution in [2.24, 2.45) is 0 Å². The minimum absolute atomic E-state index is 0.0935. The second-order valence-electron chi connectivity index (χ2n) is 4.93. The third-order valence-electron chi connectivity index (χ3n) is 3.61. The number of rotatable bonds is 3. The smallest absolute Gasteiger partial charge is 0.272 e. The summed E-state index contributed by atoms with van der Waals surface area (Å²) < 4.78 is 0. The Morgan fingerprint density at radius 1 is 1.10 bits per heavy atom. The fraction of sp³-hybridized carbons (Fsp3) is 0.0556. The average Bonchev–Trinajstić information content (AvgIpc) is 2.53. The molecule has 1 aromatic heterocycles. The van der Waals surface area contributed by atoms with Crippen LogP contribution in [0.5, 0.6) is 0 Å². The Balaban J connectivity index is 2.07. The van der Waals surface area contributed by atoms with Gasteiger partial charge < -0.3 is 9.88 Å². The molecule has 0 aliphatic heterocycles. The van der Waals surface area contributed by atoms with Crippen LogP contribution in [0, 0.1) is 0 Å². The molecule has 21 heavy (non-hydrogen) atoms. The highest BCUT2D eigenvalue weighted by atomic mass is 16.1. The molecule has 1 N–H and O–H groups in total. The highest BCUT2D eigenvalue weighted by Crippen LogP contribution is 2.23. The van der Waals surface area contributed by atoms with Crippen LogP contribution in [0.25, 0.3) is 17.0 Å². The van der Waals surface area contributed by atoms with Crippen molar-refractivity contribution in [2.45, 2.75) is 0 Å². The second kappa shape index (κ2) is 5.29. The van der Waals surface area contributed by atoms with Gasteiger partial charge in [0.1, 0.15) is 5.69 Å². The molecule has 0 spiro atoms. The van der Waals surface area contributed by atoms with Crippen LogP contribution in [0.2, 0.25) is 0 Å². The molecule has 0 unspecified atom stereocenters. The predicted molar refractivity (Wildman–Crippen MR) is 89.2 cm³/mol. The van der Waals surface area contributed by atoms with E-state index in [0.717, 1.165) is 22.2 Å². The van der Waals surface area contributed by atoms with Gasteiger partial charge in [0.25, 0.3) is 5.56 Å². The summed E-state index contributed by atoms with van der Waals surface area (Å²) in [6.07, 6.45) is 1.80. The maximum Gasteiger partial charge on any atom is 0.272 e. The van der Waals surface area contributed by atoms with Crippen molar-refractivity contribution in [1.29, 1.82) is 0 Å². The standard InChI is InChI=1S/C18H16N2O/c1-3-13-8-10-15(11-9-13)20(2)17-12-14-6-4-5-7-16(14)19-18(17)21/h3-12H,1H2,2H3,(H,19,21). The first kappa shape index (κ1) is 13.2. The number of fused-ring (bicyclic) bond motifs is 1. The first-order valence-electron chi connectivity index (χ1n) is 6.77. The van der Waals surface area contributed by atoms with Gasteiger partial charge >= 0.3 is 0 Å². The zero-order valence-electron chi connectivity index (χ0n) is 11.8. The van der Waals surface area contributed by atoms with E-state index in [4.69, 9.17) is 0 Å². The number of nitrogens with zero attached hydrogens (tertiary/aromatic N) is 1. The number of benzene rings is 2. The summed E-state index contributed by atoms with van der Waals surface area (Å²) in [6, 6.07) is 17.6. The molecular formula is C18H16N2O. The van der Waals surface area contributed by atoms with E-state index in [9.17, 15) is 4.79 Å². The highest BCUT2D eigenvalue weighted by molar-refractivity contribution is 5.82. The van der Waals surface area contributed by atoms with Gasteiger partial charge in [0.05, 0.1) is 0 Å². The van der Waals surface area contributed by atoms with Gasteiger partial charge in [-0.05, 0) is 29.8 Å². The lowest BCUT2D eigenvalue weighted by atomic mass is 10.1. The largest absolute Gasteiger partial charge is 0.340 e. The van der Waals surface area contributed by atoms with E-state index in [1.54, 1.807) is 6.08 Å². The summed E-state index contributed by atoms with van der Waals surface area (Å²) in [5.74, 6) is 0. The molecule has 3 nitrogen and oxygen atoms in total. The molecule has 2 aromatic carbocycles. The number of hydrogen-bond donors (Lipinski definition) is 1. The van der Waals surface area contributed by atoms with Crippen molar-refractivity contribution in [1.82, 2.24) is 4.98 Å². The van der Waals surface area contributed by atoms with Crippen molar-refractivity contribution in [2.75, 3.05) is 11.9 Å². The van der Waals surface area contributed by atoms with E-state index < -0.39 is 0 Å². The van der Waals surface area contributed by atoms with Gasteiger partial charge in [0, 0.05) is 23.6 Å². The Hall–Kier alpha value is -2.81. The van der Waals surface area contributed by atoms with E-state index in [2.05, 4.69) is 11.6 Å². The molecule has 0 saturated heterocycles. The maximum absolute atomic E-state index is 12.3. The van der Waals surface area contributed by atoms with Crippen molar-refractivity contribution >= 4 is 28.4 Å². The lowest BCUT2D eigenvalue weighted by Gasteiger charge is -2.19. The molecule has 1 heterocycles. The second-order valence-corrected chi connectivity index (χ2v) is 4.93. The first-order chi connectivity index (χ1) is 10.2. The zero-order chi connectivity index (χ0) is 14.8. The molecule has 0 aliphatic rings. The molecule has 0 radical (unpaired) electrons. The van der Waals surface area contributed by atoms with Crippen LogP contribution in [0.1, 0.15) is 5.56 Å². The van der Waals surface area contributed by atoms with Crippen LogP contribution >= 0.6 is 0 Å². The molecule has 0 aliphatic carbocycles. The minimum Gasteiger partial charge on any atom is -0.340 e. The first-order valence-corrected chi connectivity index (χ1v) is 6.77. The zero-order valence-corrected chi connectivity index (χ0v) is 11.8. The lowest BCUT2D eigenvalue weighted by Crippen LogP contribution is -2.20. The number of para-hydroxylation sites is 1. The Morgan fingerprint density at radius 3 is 2.52 bits per heavy atom. The number of nitrogens with one attached hydrogen (secondary N) is 1. The van der Waals surface area contributed by atoms with Gasteiger partial charge in [-0.3, -0.25) is 4.79 Å². The van der Waals surface area contributed by atoms with Crippen molar-refractivity contribution in [3.63, 3.8) is 0 Å². The fourth-order valence-corrected chi connectivity index (χ4v) is 2.36. The number of anilines is 2. The Morgan fingerprint density at radius 2 is 1.81 bits per heavy atom. The Labute approximate surface area is 123 Å². The SMILES string of the molecule is C=Cc1ccc(N(C)c2cc3ccccc3[nH]c2=O)cc1. The van der Waals surface area contributed by atoms with E-state index >= 15 is 0 Å². The summed E-state index contributed by atoms with van der Waals surface area (Å²) in [7, 11) is 1.89. The third kappa shape index (κ3) is 2.46. The van der Waals surface area contributed by atoms with Crippen LogP contribution in [-0.4, -0.2) is 12.0 Å². The molecule has 3 heteroatoms. The average molecular weight is 276 g/mol. The lowest BCUT2D eigenvalue weighted by molar-refractivity contribution is 1.16. The van der Waals surface area contributed by atoms with Crippen molar-refractivity contribution < 1.29 is 0 Å². The van der Waals surface area contributed by atoms with Crippen LogP contribution in [-0.2, 0) is 0 Å². The number of aromatic nitrogens is 1. The summed E-state index contributed by atoms with van der Waals surface area (Å²) in [5, 5.41) is 1.02.